The van der Waals surface area contributed by atoms with E-state index in [-0.39, 0.29) is 22.4 Å². The molecule has 0 spiro atoms. The van der Waals surface area contributed by atoms with Crippen molar-refractivity contribution in [1.82, 2.24) is 9.55 Å². The van der Waals surface area contributed by atoms with Gasteiger partial charge in [0.25, 0.3) is 0 Å². The highest BCUT2D eigenvalue weighted by Gasteiger charge is 2.31. The number of hydrogen-bond donors (Lipinski definition) is 0. The van der Waals surface area contributed by atoms with E-state index in [0.29, 0.717) is 10.6 Å². The highest BCUT2D eigenvalue weighted by molar-refractivity contribution is 5.89. The molecule has 1 atom stereocenters. The van der Waals surface area contributed by atoms with Crippen LogP contribution in [0.2, 0.25) is 0 Å². The summed E-state index contributed by atoms with van der Waals surface area (Å²) in [5, 5.41) is 0. The molecule has 0 aliphatic heterocycles. The Morgan fingerprint density at radius 2 is 1.81 bits per heavy atom. The Balaban J connectivity index is 1.90. The molecule has 1 unspecified atom stereocenters. The number of halogens is 5. The molecule has 0 N–H and O–H groups in total. The van der Waals surface area contributed by atoms with E-state index in [1.807, 2.05) is 0 Å². The maximum atomic E-state index is 13.5. The van der Waals surface area contributed by atoms with Crippen LogP contribution in [0.1, 0.15) is 41.3 Å². The lowest BCUT2D eigenvalue weighted by molar-refractivity contribution is -0.137. The van der Waals surface area contributed by atoms with Gasteiger partial charge in [0.2, 0.25) is 0 Å². The summed E-state index contributed by atoms with van der Waals surface area (Å²) >= 11 is 0. The number of para-hydroxylation sites is 2. The number of benzene rings is 2. The van der Waals surface area contributed by atoms with Crippen molar-refractivity contribution in [1.29, 1.82) is 0 Å². The van der Waals surface area contributed by atoms with Crippen LogP contribution in [0.3, 0.4) is 0 Å². The molecule has 142 valence electrons. The minimum atomic E-state index is -4.62. The number of nitrogens with zero attached hydrogens (tertiary/aromatic N) is 2. The van der Waals surface area contributed by atoms with Gasteiger partial charge in [0.1, 0.15) is 0 Å². The molecule has 0 saturated carbocycles. The van der Waals surface area contributed by atoms with Gasteiger partial charge in [0.15, 0.2) is 11.9 Å². The molecule has 0 bridgehead atoms. The van der Waals surface area contributed by atoms with Crippen LogP contribution in [-0.2, 0) is 10.9 Å². The van der Waals surface area contributed by atoms with E-state index < -0.39 is 30.4 Å². The van der Waals surface area contributed by atoms with Crippen LogP contribution in [0.4, 0.5) is 22.0 Å². The maximum Gasteiger partial charge on any atom is 0.416 e. The number of carbonyl (C=O) groups excluding carboxylic acids is 1. The number of imidazole rings is 1. The van der Waals surface area contributed by atoms with Crippen molar-refractivity contribution in [2.24, 2.45) is 0 Å². The van der Waals surface area contributed by atoms with Crippen molar-refractivity contribution in [2.45, 2.75) is 25.8 Å². The first kappa shape index (κ1) is 18.8. The standard InChI is InChI=1S/C18H13F5N2O2/c1-10(15-24-13-7-2-3-8-14(13)25(15)17(19)20)27-16(26)11-5-4-6-12(9-11)18(21,22)23/h2-10,17H,1H3. The second kappa shape index (κ2) is 6.98. The van der Waals surface area contributed by atoms with Gasteiger partial charge in [-0.1, -0.05) is 18.2 Å². The van der Waals surface area contributed by atoms with Gasteiger partial charge >= 0.3 is 18.7 Å². The first-order valence-corrected chi connectivity index (χ1v) is 7.81. The summed E-state index contributed by atoms with van der Waals surface area (Å²) in [7, 11) is 0. The van der Waals surface area contributed by atoms with Crippen LogP contribution in [0.5, 0.6) is 0 Å². The summed E-state index contributed by atoms with van der Waals surface area (Å²) in [5.74, 6) is -1.27. The largest absolute Gasteiger partial charge is 0.451 e. The van der Waals surface area contributed by atoms with E-state index in [4.69, 9.17) is 4.74 Å². The molecule has 3 rings (SSSR count). The summed E-state index contributed by atoms with van der Waals surface area (Å²) in [4.78, 5) is 16.3. The Hall–Kier alpha value is -2.97. The number of carbonyl (C=O) groups is 1. The van der Waals surface area contributed by atoms with E-state index in [2.05, 4.69) is 4.98 Å². The molecule has 0 aliphatic rings. The van der Waals surface area contributed by atoms with Gasteiger partial charge in [-0.2, -0.15) is 22.0 Å². The Bertz CT molecular complexity index is 981. The minimum Gasteiger partial charge on any atom is -0.451 e. The minimum absolute atomic E-state index is 0.157. The van der Waals surface area contributed by atoms with Gasteiger partial charge in [-0.25, -0.2) is 9.78 Å². The predicted molar refractivity (Wildman–Crippen MR) is 86.3 cm³/mol. The Morgan fingerprint density at radius 1 is 1.11 bits per heavy atom. The number of esters is 1. The molecule has 4 nitrogen and oxygen atoms in total. The van der Waals surface area contributed by atoms with Crippen molar-refractivity contribution in [3.63, 3.8) is 0 Å². The van der Waals surface area contributed by atoms with Crippen LogP contribution in [-0.4, -0.2) is 15.5 Å². The maximum absolute atomic E-state index is 13.5. The van der Waals surface area contributed by atoms with Gasteiger partial charge in [-0.05, 0) is 37.3 Å². The first-order chi connectivity index (χ1) is 12.7. The summed E-state index contributed by atoms with van der Waals surface area (Å²) in [6.45, 7) is -1.60. The van der Waals surface area contributed by atoms with Crippen molar-refractivity contribution >= 4 is 17.0 Å². The zero-order valence-corrected chi connectivity index (χ0v) is 13.9. The Labute approximate surface area is 150 Å². The van der Waals surface area contributed by atoms with Gasteiger partial charge in [0, 0.05) is 0 Å². The molecule has 0 radical (unpaired) electrons. The molecular formula is C18H13F5N2O2. The van der Waals surface area contributed by atoms with Crippen molar-refractivity contribution in [3.8, 4) is 0 Å². The fourth-order valence-electron chi connectivity index (χ4n) is 2.66. The van der Waals surface area contributed by atoms with Gasteiger partial charge in [-0.15, -0.1) is 0 Å². The average molecular weight is 384 g/mol. The first-order valence-electron chi connectivity index (χ1n) is 7.81. The zero-order valence-electron chi connectivity index (χ0n) is 13.9. The number of aromatic nitrogens is 2. The highest BCUT2D eigenvalue weighted by Crippen LogP contribution is 2.31. The number of hydrogen-bond acceptors (Lipinski definition) is 3. The molecule has 0 amide bonds. The molecule has 0 fully saturated rings. The molecule has 2 aromatic carbocycles. The van der Waals surface area contributed by atoms with Crippen molar-refractivity contribution in [3.05, 3.63) is 65.5 Å². The van der Waals surface area contributed by atoms with E-state index in [0.717, 1.165) is 18.2 Å². The summed E-state index contributed by atoms with van der Waals surface area (Å²) in [6, 6.07) is 9.83. The van der Waals surface area contributed by atoms with Gasteiger partial charge in [-0.3, -0.25) is 4.57 Å². The van der Waals surface area contributed by atoms with Crippen molar-refractivity contribution < 1.29 is 31.5 Å². The Morgan fingerprint density at radius 3 is 2.48 bits per heavy atom. The molecule has 0 saturated heterocycles. The summed E-state index contributed by atoms with van der Waals surface area (Å²) < 4.78 is 70.9. The van der Waals surface area contributed by atoms with E-state index in [9.17, 15) is 26.7 Å². The molecule has 0 aliphatic carbocycles. The van der Waals surface area contributed by atoms with Crippen LogP contribution in [0, 0.1) is 0 Å². The van der Waals surface area contributed by atoms with Crippen LogP contribution in [0.15, 0.2) is 48.5 Å². The lowest BCUT2D eigenvalue weighted by Crippen LogP contribution is -2.15. The SMILES string of the molecule is CC(OC(=O)c1cccc(C(F)(F)F)c1)c1nc2ccccc2n1C(F)F. The van der Waals surface area contributed by atoms with Crippen molar-refractivity contribution in [2.75, 3.05) is 0 Å². The third kappa shape index (κ3) is 3.76. The smallest absolute Gasteiger partial charge is 0.416 e. The van der Waals surface area contributed by atoms with Crippen LogP contribution in [0.25, 0.3) is 11.0 Å². The lowest BCUT2D eigenvalue weighted by Gasteiger charge is -2.15. The predicted octanol–water partition coefficient (Wildman–Crippen LogP) is 5.37. The summed E-state index contributed by atoms with van der Waals surface area (Å²) in [6.07, 6.45) is -5.82. The quantitative estimate of drug-likeness (QED) is 0.449. The molecule has 1 heterocycles. The molecule has 1 aromatic heterocycles. The van der Waals surface area contributed by atoms with E-state index in [1.165, 1.54) is 19.1 Å². The fraction of sp³-hybridized carbons (Fsp3) is 0.222. The molecule has 9 heteroatoms. The third-order valence-electron chi connectivity index (χ3n) is 3.89. The lowest BCUT2D eigenvalue weighted by atomic mass is 10.1. The van der Waals surface area contributed by atoms with Crippen LogP contribution < -0.4 is 0 Å². The monoisotopic (exact) mass is 384 g/mol. The Kier molecular flexibility index (Phi) is 4.86. The normalized spacial score (nSPS) is 13.1. The molecule has 3 aromatic rings. The second-order valence-electron chi connectivity index (χ2n) is 5.73. The molecule has 27 heavy (non-hydrogen) atoms. The highest BCUT2D eigenvalue weighted by atomic mass is 19.4. The topological polar surface area (TPSA) is 44.1 Å². The number of rotatable bonds is 4. The average Bonchev–Trinajstić information content (AvgIpc) is 3.01. The second-order valence-corrected chi connectivity index (χ2v) is 5.73. The van der Waals surface area contributed by atoms with E-state index in [1.54, 1.807) is 12.1 Å². The zero-order chi connectivity index (χ0) is 19.8. The van der Waals surface area contributed by atoms with E-state index >= 15 is 0 Å². The van der Waals surface area contributed by atoms with Crippen LogP contribution >= 0.6 is 0 Å². The molecular weight excluding hydrogens is 371 g/mol. The van der Waals surface area contributed by atoms with Gasteiger partial charge < -0.3 is 4.74 Å². The number of fused-ring (bicyclic) bond motifs is 1. The summed E-state index contributed by atoms with van der Waals surface area (Å²) in [5.41, 5.74) is -0.903. The fourth-order valence-corrected chi connectivity index (χ4v) is 2.66. The third-order valence-corrected chi connectivity index (χ3v) is 3.89. The van der Waals surface area contributed by atoms with Gasteiger partial charge in [0.05, 0.1) is 22.2 Å². The number of alkyl halides is 5. The number of ether oxygens (including phenoxy) is 1.